The quantitative estimate of drug-likeness (QED) is 0.703. The molecule has 0 saturated heterocycles. The third kappa shape index (κ3) is 2.38. The molecule has 0 bridgehead atoms. The van der Waals surface area contributed by atoms with Gasteiger partial charge < -0.3 is 15.2 Å². The fraction of sp³-hybridized carbons (Fsp3) is 0.273. The van der Waals surface area contributed by atoms with Crippen molar-refractivity contribution in [3.8, 4) is 11.5 Å². The number of imidazole rings is 1. The summed E-state index contributed by atoms with van der Waals surface area (Å²) in [5.41, 5.74) is 7.59. The van der Waals surface area contributed by atoms with Crippen LogP contribution in [0.4, 0.5) is 0 Å². The van der Waals surface area contributed by atoms with Crippen molar-refractivity contribution in [3.63, 3.8) is 0 Å². The second-order valence-corrected chi connectivity index (χ2v) is 4.22. The molecule has 1 atom stereocenters. The van der Waals surface area contributed by atoms with Crippen molar-refractivity contribution in [1.82, 2.24) is 29.9 Å². The van der Waals surface area contributed by atoms with E-state index >= 15 is 0 Å². The Morgan fingerprint density at radius 3 is 3.11 bits per heavy atom. The molecule has 0 spiro atoms. The largest absolute Gasteiger partial charge is 0.348 e. The molecule has 0 amide bonds. The molecule has 0 aromatic carbocycles. The molecule has 3 heterocycles. The van der Waals surface area contributed by atoms with Gasteiger partial charge in [0.2, 0.25) is 11.7 Å². The first kappa shape index (κ1) is 11.6. The molecule has 0 aliphatic heterocycles. The summed E-state index contributed by atoms with van der Waals surface area (Å²) >= 11 is 0. The Labute approximate surface area is 108 Å². The van der Waals surface area contributed by atoms with E-state index in [0.29, 0.717) is 23.8 Å². The van der Waals surface area contributed by atoms with Crippen molar-refractivity contribution in [2.24, 2.45) is 12.8 Å². The van der Waals surface area contributed by atoms with Crippen molar-refractivity contribution in [3.05, 3.63) is 36.4 Å². The van der Waals surface area contributed by atoms with Crippen LogP contribution in [-0.4, -0.2) is 29.9 Å². The summed E-state index contributed by atoms with van der Waals surface area (Å²) in [5, 5.41) is 8.09. The minimum atomic E-state index is -0.370. The minimum absolute atomic E-state index is 0.370. The van der Waals surface area contributed by atoms with E-state index in [1.165, 1.54) is 0 Å². The molecular formula is C11H13N7O. The molecule has 8 heteroatoms. The molecule has 0 saturated carbocycles. The zero-order valence-corrected chi connectivity index (χ0v) is 10.3. The van der Waals surface area contributed by atoms with Crippen molar-refractivity contribution in [2.45, 2.75) is 12.5 Å². The van der Waals surface area contributed by atoms with Gasteiger partial charge in [-0.3, -0.25) is 4.68 Å². The van der Waals surface area contributed by atoms with Crippen molar-refractivity contribution in [1.29, 1.82) is 0 Å². The van der Waals surface area contributed by atoms with Crippen molar-refractivity contribution < 1.29 is 4.52 Å². The molecule has 3 N–H and O–H groups in total. The van der Waals surface area contributed by atoms with Crippen LogP contribution in [0.1, 0.15) is 17.6 Å². The number of hydrogen-bond donors (Lipinski definition) is 2. The van der Waals surface area contributed by atoms with E-state index < -0.39 is 0 Å². The van der Waals surface area contributed by atoms with E-state index in [4.69, 9.17) is 10.3 Å². The van der Waals surface area contributed by atoms with Gasteiger partial charge in [0, 0.05) is 31.6 Å². The fourth-order valence-electron chi connectivity index (χ4n) is 1.74. The highest BCUT2D eigenvalue weighted by Gasteiger charge is 2.17. The smallest absolute Gasteiger partial charge is 0.244 e. The molecular weight excluding hydrogens is 246 g/mol. The number of nitrogens with two attached hydrogens (primary N) is 1. The molecule has 19 heavy (non-hydrogen) atoms. The average molecular weight is 259 g/mol. The molecule has 0 fully saturated rings. The minimum Gasteiger partial charge on any atom is -0.348 e. The highest BCUT2D eigenvalue weighted by molar-refractivity contribution is 5.46. The Balaban J connectivity index is 1.77. The zero-order valence-electron chi connectivity index (χ0n) is 10.3. The average Bonchev–Trinajstić information content (AvgIpc) is 3.07. The Morgan fingerprint density at radius 2 is 2.42 bits per heavy atom. The number of hydrogen-bond acceptors (Lipinski definition) is 6. The van der Waals surface area contributed by atoms with Crippen LogP contribution < -0.4 is 5.73 Å². The van der Waals surface area contributed by atoms with Crippen LogP contribution in [-0.2, 0) is 13.5 Å². The van der Waals surface area contributed by atoms with Crippen LogP contribution in [0.2, 0.25) is 0 Å². The maximum atomic E-state index is 6.01. The third-order valence-corrected chi connectivity index (χ3v) is 2.70. The summed E-state index contributed by atoms with van der Waals surface area (Å²) in [7, 11) is 1.83. The second kappa shape index (κ2) is 4.65. The number of aromatic amines is 1. The van der Waals surface area contributed by atoms with Gasteiger partial charge in [-0.2, -0.15) is 10.1 Å². The first-order chi connectivity index (χ1) is 9.22. The van der Waals surface area contributed by atoms with Crippen LogP contribution >= 0.6 is 0 Å². The SMILES string of the molecule is Cn1ccc(-c2noc([C@@H](N)Cc3cnc[nH]3)n2)n1. The Morgan fingerprint density at radius 1 is 1.53 bits per heavy atom. The summed E-state index contributed by atoms with van der Waals surface area (Å²) in [5.74, 6) is 0.825. The van der Waals surface area contributed by atoms with Gasteiger partial charge >= 0.3 is 0 Å². The highest BCUT2D eigenvalue weighted by atomic mass is 16.5. The van der Waals surface area contributed by atoms with E-state index in [2.05, 4.69) is 25.2 Å². The number of aryl methyl sites for hydroxylation is 1. The summed E-state index contributed by atoms with van der Waals surface area (Å²) < 4.78 is 6.85. The lowest BCUT2D eigenvalue weighted by Crippen LogP contribution is -2.14. The van der Waals surface area contributed by atoms with Gasteiger partial charge in [0.05, 0.1) is 12.4 Å². The van der Waals surface area contributed by atoms with Crippen LogP contribution in [0.15, 0.2) is 29.3 Å². The monoisotopic (exact) mass is 259 g/mol. The maximum absolute atomic E-state index is 6.01. The Bertz CT molecular complexity index is 654. The molecule has 98 valence electrons. The molecule has 3 aromatic heterocycles. The van der Waals surface area contributed by atoms with Gasteiger partial charge in [-0.1, -0.05) is 5.16 Å². The lowest BCUT2D eigenvalue weighted by atomic mass is 10.2. The topological polar surface area (TPSA) is 111 Å². The van der Waals surface area contributed by atoms with Crippen LogP contribution in [0, 0.1) is 0 Å². The maximum Gasteiger partial charge on any atom is 0.244 e. The molecule has 0 unspecified atom stereocenters. The molecule has 0 aliphatic carbocycles. The van der Waals surface area contributed by atoms with Crippen molar-refractivity contribution in [2.75, 3.05) is 0 Å². The van der Waals surface area contributed by atoms with E-state index in [-0.39, 0.29) is 6.04 Å². The van der Waals surface area contributed by atoms with Crippen LogP contribution in [0.25, 0.3) is 11.5 Å². The van der Waals surface area contributed by atoms with E-state index in [1.807, 2.05) is 19.3 Å². The lowest BCUT2D eigenvalue weighted by Gasteiger charge is -2.03. The van der Waals surface area contributed by atoms with E-state index in [1.54, 1.807) is 17.2 Å². The predicted octanol–water partition coefficient (Wildman–Crippen LogP) is 0.436. The Hall–Kier alpha value is -2.48. The summed E-state index contributed by atoms with van der Waals surface area (Å²) in [6, 6.07) is 1.44. The second-order valence-electron chi connectivity index (χ2n) is 4.22. The van der Waals surface area contributed by atoms with E-state index in [9.17, 15) is 0 Å². The number of rotatable bonds is 4. The van der Waals surface area contributed by atoms with Gasteiger partial charge in [0.15, 0.2) is 0 Å². The standard InChI is InChI=1S/C11H13N7O/c1-18-3-2-9(16-18)10-15-11(19-17-10)8(12)4-7-5-13-6-14-7/h2-3,5-6,8H,4,12H2,1H3,(H,13,14)/t8-/m0/s1. The fourth-order valence-corrected chi connectivity index (χ4v) is 1.74. The number of aromatic nitrogens is 6. The predicted molar refractivity (Wildman–Crippen MR) is 65.7 cm³/mol. The molecule has 0 aliphatic rings. The van der Waals surface area contributed by atoms with E-state index in [0.717, 1.165) is 5.69 Å². The first-order valence-electron chi connectivity index (χ1n) is 5.79. The molecule has 8 nitrogen and oxygen atoms in total. The zero-order chi connectivity index (χ0) is 13.2. The van der Waals surface area contributed by atoms with Gasteiger partial charge in [-0.05, 0) is 6.07 Å². The first-order valence-corrected chi connectivity index (χ1v) is 5.79. The highest BCUT2D eigenvalue weighted by Crippen LogP contribution is 2.17. The normalized spacial score (nSPS) is 12.7. The van der Waals surface area contributed by atoms with Gasteiger partial charge in [0.1, 0.15) is 5.69 Å². The number of nitrogens with one attached hydrogen (secondary N) is 1. The van der Waals surface area contributed by atoms with Crippen molar-refractivity contribution >= 4 is 0 Å². The number of H-pyrrole nitrogens is 1. The Kier molecular flexibility index (Phi) is 2.84. The lowest BCUT2D eigenvalue weighted by molar-refractivity contribution is 0.353. The summed E-state index contributed by atoms with van der Waals surface area (Å²) in [6.07, 6.45) is 5.70. The molecule has 3 rings (SSSR count). The summed E-state index contributed by atoms with van der Waals surface area (Å²) in [6.45, 7) is 0. The van der Waals surface area contributed by atoms with Crippen LogP contribution in [0.3, 0.4) is 0 Å². The summed E-state index contributed by atoms with van der Waals surface area (Å²) in [4.78, 5) is 11.2. The van der Waals surface area contributed by atoms with Crippen LogP contribution in [0.5, 0.6) is 0 Å². The molecule has 0 radical (unpaired) electrons. The number of nitrogens with zero attached hydrogens (tertiary/aromatic N) is 5. The third-order valence-electron chi connectivity index (χ3n) is 2.70. The van der Waals surface area contributed by atoms with Gasteiger partial charge in [0.25, 0.3) is 0 Å². The van der Waals surface area contributed by atoms with Gasteiger partial charge in [-0.15, -0.1) is 0 Å². The van der Waals surface area contributed by atoms with Gasteiger partial charge in [-0.25, -0.2) is 4.98 Å². The molecule has 3 aromatic rings.